The lowest BCUT2D eigenvalue weighted by molar-refractivity contribution is -0.141. The summed E-state index contributed by atoms with van der Waals surface area (Å²) in [7, 11) is 0. The number of carbonyl (C=O) groups is 2. The molecule has 0 spiro atoms. The fraction of sp³-hybridized carbons (Fsp3) is 0.250. The molecule has 0 unspecified atom stereocenters. The van der Waals surface area contributed by atoms with E-state index in [0.717, 1.165) is 17.2 Å². The van der Waals surface area contributed by atoms with Crippen molar-refractivity contribution in [1.82, 2.24) is 9.88 Å². The van der Waals surface area contributed by atoms with Gasteiger partial charge in [-0.1, -0.05) is 5.92 Å². The third-order valence-electron chi connectivity index (χ3n) is 2.20. The fourth-order valence-corrected chi connectivity index (χ4v) is 1.34. The van der Waals surface area contributed by atoms with Gasteiger partial charge in [0.25, 0.3) is 5.91 Å². The van der Waals surface area contributed by atoms with Gasteiger partial charge >= 0.3 is 12.1 Å². The van der Waals surface area contributed by atoms with E-state index in [0.29, 0.717) is 6.07 Å². The number of hydrogen-bond acceptors (Lipinski definition) is 3. The SMILES string of the molecule is C#CCN(CC(=O)O)C(=O)c1ccc(C(F)(F)F)nc1. The predicted octanol–water partition coefficient (Wildman–Crippen LogP) is 1.26. The summed E-state index contributed by atoms with van der Waals surface area (Å²) in [6.45, 7) is -0.920. The molecular weight excluding hydrogens is 277 g/mol. The van der Waals surface area contributed by atoms with Crippen LogP contribution < -0.4 is 0 Å². The van der Waals surface area contributed by atoms with Crippen molar-refractivity contribution in [2.24, 2.45) is 0 Å². The summed E-state index contributed by atoms with van der Waals surface area (Å²) in [5.74, 6) is 0.0175. The van der Waals surface area contributed by atoms with Crippen LogP contribution in [0.25, 0.3) is 0 Å². The van der Waals surface area contributed by atoms with Crippen molar-refractivity contribution in [1.29, 1.82) is 0 Å². The van der Waals surface area contributed by atoms with Gasteiger partial charge in [-0.2, -0.15) is 13.2 Å². The Morgan fingerprint density at radius 3 is 2.45 bits per heavy atom. The minimum Gasteiger partial charge on any atom is -0.480 e. The van der Waals surface area contributed by atoms with E-state index in [-0.39, 0.29) is 12.1 Å². The van der Waals surface area contributed by atoms with E-state index in [1.165, 1.54) is 0 Å². The summed E-state index contributed by atoms with van der Waals surface area (Å²) < 4.78 is 36.9. The first-order valence-electron chi connectivity index (χ1n) is 5.23. The number of pyridine rings is 1. The number of aromatic nitrogens is 1. The standard InChI is InChI=1S/C12H9F3N2O3/c1-2-5-17(7-10(18)19)11(20)8-3-4-9(16-6-8)12(13,14)15/h1,3-4,6H,5,7H2,(H,18,19). The third-order valence-corrected chi connectivity index (χ3v) is 2.20. The van der Waals surface area contributed by atoms with Crippen LogP contribution in [0.5, 0.6) is 0 Å². The highest BCUT2D eigenvalue weighted by molar-refractivity contribution is 5.95. The Hall–Kier alpha value is -2.56. The molecule has 106 valence electrons. The number of terminal acetylenes is 1. The van der Waals surface area contributed by atoms with Gasteiger partial charge in [-0.05, 0) is 12.1 Å². The Balaban J connectivity index is 2.95. The second-order valence-electron chi connectivity index (χ2n) is 3.69. The highest BCUT2D eigenvalue weighted by Gasteiger charge is 2.32. The highest BCUT2D eigenvalue weighted by Crippen LogP contribution is 2.27. The molecule has 0 aliphatic carbocycles. The second kappa shape index (κ2) is 6.06. The van der Waals surface area contributed by atoms with Crippen LogP contribution in [0.4, 0.5) is 13.2 Å². The second-order valence-corrected chi connectivity index (χ2v) is 3.69. The molecule has 1 aromatic rings. The molecule has 0 atom stereocenters. The maximum absolute atomic E-state index is 12.3. The molecule has 0 fully saturated rings. The first-order chi connectivity index (χ1) is 9.25. The monoisotopic (exact) mass is 286 g/mol. The van der Waals surface area contributed by atoms with Crippen LogP contribution in [-0.4, -0.2) is 40.0 Å². The predicted molar refractivity (Wildman–Crippen MR) is 61.6 cm³/mol. The number of alkyl halides is 3. The molecule has 5 nitrogen and oxygen atoms in total. The van der Waals surface area contributed by atoms with Crippen molar-refractivity contribution in [2.45, 2.75) is 6.18 Å². The van der Waals surface area contributed by atoms with Crippen LogP contribution in [0.2, 0.25) is 0 Å². The van der Waals surface area contributed by atoms with E-state index in [4.69, 9.17) is 11.5 Å². The van der Waals surface area contributed by atoms with Gasteiger partial charge in [-0.3, -0.25) is 14.6 Å². The first-order valence-corrected chi connectivity index (χ1v) is 5.23. The van der Waals surface area contributed by atoms with Gasteiger partial charge < -0.3 is 10.0 Å². The van der Waals surface area contributed by atoms with Crippen LogP contribution in [0.1, 0.15) is 16.1 Å². The van der Waals surface area contributed by atoms with Crippen LogP contribution in [0.15, 0.2) is 18.3 Å². The molecule has 1 rings (SSSR count). The molecule has 0 radical (unpaired) electrons. The smallest absolute Gasteiger partial charge is 0.433 e. The summed E-state index contributed by atoms with van der Waals surface area (Å²) >= 11 is 0. The number of halogens is 3. The molecule has 8 heteroatoms. The first kappa shape index (κ1) is 15.5. The number of carboxylic acids is 1. The number of carbonyl (C=O) groups excluding carboxylic acids is 1. The molecule has 0 aliphatic heterocycles. The topological polar surface area (TPSA) is 70.5 Å². The number of amides is 1. The van der Waals surface area contributed by atoms with Crippen molar-refractivity contribution in [3.63, 3.8) is 0 Å². The van der Waals surface area contributed by atoms with Gasteiger partial charge in [0.05, 0.1) is 12.1 Å². The molecule has 0 aromatic carbocycles. The van der Waals surface area contributed by atoms with Crippen LogP contribution in [0.3, 0.4) is 0 Å². The van der Waals surface area contributed by atoms with Crippen molar-refractivity contribution in [3.05, 3.63) is 29.6 Å². The lowest BCUT2D eigenvalue weighted by Crippen LogP contribution is -2.36. The normalized spacial score (nSPS) is 10.7. The van der Waals surface area contributed by atoms with Crippen LogP contribution in [0, 0.1) is 12.3 Å². The van der Waals surface area contributed by atoms with Crippen molar-refractivity contribution < 1.29 is 27.9 Å². The quantitative estimate of drug-likeness (QED) is 0.846. The summed E-state index contributed by atoms with van der Waals surface area (Å²) in [6.07, 6.45) is 1.12. The number of hydrogen-bond donors (Lipinski definition) is 1. The molecule has 0 saturated heterocycles. The summed E-state index contributed by atoms with van der Waals surface area (Å²) in [4.78, 5) is 26.4. The van der Waals surface area contributed by atoms with Crippen LogP contribution in [-0.2, 0) is 11.0 Å². The Bertz CT molecular complexity index is 547. The maximum atomic E-state index is 12.3. The molecule has 1 heterocycles. The molecule has 1 N–H and O–H groups in total. The van der Waals surface area contributed by atoms with Crippen molar-refractivity contribution >= 4 is 11.9 Å². The lowest BCUT2D eigenvalue weighted by Gasteiger charge is -2.17. The van der Waals surface area contributed by atoms with Crippen LogP contribution >= 0.6 is 0 Å². The molecule has 0 bridgehead atoms. The molecule has 0 aliphatic rings. The minimum absolute atomic E-state index is 0.172. The van der Waals surface area contributed by atoms with Gasteiger partial charge in [0.2, 0.25) is 0 Å². The highest BCUT2D eigenvalue weighted by atomic mass is 19.4. The summed E-state index contributed by atoms with van der Waals surface area (Å²) in [6, 6.07) is 1.56. The molecule has 20 heavy (non-hydrogen) atoms. The molecular formula is C12H9F3N2O3. The minimum atomic E-state index is -4.61. The average Bonchev–Trinajstić information content (AvgIpc) is 2.36. The Morgan fingerprint density at radius 2 is 2.05 bits per heavy atom. The zero-order valence-corrected chi connectivity index (χ0v) is 10.0. The zero-order chi connectivity index (χ0) is 15.3. The van der Waals surface area contributed by atoms with E-state index in [1.807, 2.05) is 0 Å². The largest absolute Gasteiger partial charge is 0.480 e. The van der Waals surface area contributed by atoms with Gasteiger partial charge in [0.15, 0.2) is 0 Å². The van der Waals surface area contributed by atoms with Gasteiger partial charge in [0, 0.05) is 6.20 Å². The zero-order valence-electron chi connectivity index (χ0n) is 10.0. The van der Waals surface area contributed by atoms with E-state index in [2.05, 4.69) is 10.9 Å². The maximum Gasteiger partial charge on any atom is 0.433 e. The van der Waals surface area contributed by atoms with Crippen molar-refractivity contribution in [3.8, 4) is 12.3 Å². The Morgan fingerprint density at radius 1 is 1.40 bits per heavy atom. The summed E-state index contributed by atoms with van der Waals surface area (Å²) in [5, 5.41) is 8.63. The number of aliphatic carboxylic acids is 1. The molecule has 1 aromatic heterocycles. The van der Waals surface area contributed by atoms with E-state index in [1.54, 1.807) is 0 Å². The lowest BCUT2D eigenvalue weighted by atomic mass is 10.2. The third kappa shape index (κ3) is 3.98. The van der Waals surface area contributed by atoms with Gasteiger partial charge in [0.1, 0.15) is 12.2 Å². The van der Waals surface area contributed by atoms with E-state index < -0.39 is 30.3 Å². The summed E-state index contributed by atoms with van der Waals surface area (Å²) in [5.41, 5.74) is -1.31. The van der Waals surface area contributed by atoms with E-state index in [9.17, 15) is 22.8 Å². The number of rotatable bonds is 4. The fourth-order valence-electron chi connectivity index (χ4n) is 1.34. The average molecular weight is 286 g/mol. The Labute approximate surface area is 112 Å². The molecule has 0 saturated carbocycles. The Kier molecular flexibility index (Phi) is 4.69. The van der Waals surface area contributed by atoms with E-state index >= 15 is 0 Å². The van der Waals surface area contributed by atoms with Gasteiger partial charge in [-0.25, -0.2) is 0 Å². The number of carboxylic acid groups (broad SMARTS) is 1. The van der Waals surface area contributed by atoms with Gasteiger partial charge in [-0.15, -0.1) is 6.42 Å². The van der Waals surface area contributed by atoms with Crippen molar-refractivity contribution in [2.75, 3.05) is 13.1 Å². The number of nitrogens with zero attached hydrogens (tertiary/aromatic N) is 2. The molecule has 1 amide bonds.